The van der Waals surface area contributed by atoms with Gasteiger partial charge in [-0.2, -0.15) is 0 Å². The zero-order valence-electron chi connectivity index (χ0n) is 19.5. The lowest BCUT2D eigenvalue weighted by Crippen LogP contribution is -2.57. The summed E-state index contributed by atoms with van der Waals surface area (Å²) in [6.07, 6.45) is 0.0610. The fourth-order valence-electron chi connectivity index (χ4n) is 5.47. The summed E-state index contributed by atoms with van der Waals surface area (Å²) in [5.74, 6) is -3.73. The van der Waals surface area contributed by atoms with Gasteiger partial charge in [0.25, 0.3) is 0 Å². The minimum atomic E-state index is -1.66. The second kappa shape index (κ2) is 8.67. The number of benzene rings is 3. The van der Waals surface area contributed by atoms with E-state index in [9.17, 15) is 19.5 Å². The number of ether oxygens (including phenoxy) is 1. The summed E-state index contributed by atoms with van der Waals surface area (Å²) in [5.41, 5.74) is 1.24. The molecule has 0 saturated carbocycles. The average molecular weight is 471 g/mol. The molecule has 178 valence electrons. The van der Waals surface area contributed by atoms with Crippen LogP contribution in [0.5, 0.6) is 5.75 Å². The molecular weight excluding hydrogens is 444 g/mol. The van der Waals surface area contributed by atoms with E-state index in [1.807, 2.05) is 61.5 Å². The molecule has 5 rings (SSSR count). The Bertz CT molecular complexity index is 1290. The van der Waals surface area contributed by atoms with E-state index in [1.54, 1.807) is 24.3 Å². The number of carbonyl (C=O) groups excluding carboxylic acids is 2. The number of methoxy groups -OCH3 is 1. The van der Waals surface area contributed by atoms with E-state index < -0.39 is 41.2 Å². The predicted octanol–water partition coefficient (Wildman–Crippen LogP) is 3.52. The van der Waals surface area contributed by atoms with E-state index in [2.05, 4.69) is 5.32 Å². The molecule has 0 aromatic heterocycles. The molecule has 0 radical (unpaired) electrons. The standard InChI is InChI=1S/C28H26N2O5/c1-17-12-14-19(15-13-17)24-22-23(28(29-24,27(33)34)16-18-8-4-3-5-9-18)26(32)30(25(22)31)20-10-6-7-11-21(20)35-2/h3-15,22-24,29H,16H2,1-2H3,(H,33,34)/t22-,23+,24-,28-/m0/s1. The molecule has 4 atom stereocenters. The molecule has 7 heteroatoms. The van der Waals surface area contributed by atoms with Gasteiger partial charge in [-0.05, 0) is 30.2 Å². The summed E-state index contributed by atoms with van der Waals surface area (Å²) >= 11 is 0. The maximum absolute atomic E-state index is 14.0. The largest absolute Gasteiger partial charge is 0.495 e. The Labute approximate surface area is 203 Å². The van der Waals surface area contributed by atoms with E-state index >= 15 is 0 Å². The minimum Gasteiger partial charge on any atom is -0.495 e. The number of carboxylic acids is 1. The molecule has 35 heavy (non-hydrogen) atoms. The Hall–Kier alpha value is -3.97. The summed E-state index contributed by atoms with van der Waals surface area (Å²) < 4.78 is 5.42. The van der Waals surface area contributed by atoms with Gasteiger partial charge in [0.1, 0.15) is 11.3 Å². The second-order valence-electron chi connectivity index (χ2n) is 9.16. The Morgan fingerprint density at radius 1 is 0.971 bits per heavy atom. The highest BCUT2D eigenvalue weighted by Gasteiger charge is 2.68. The monoisotopic (exact) mass is 470 g/mol. The number of aryl methyl sites for hydroxylation is 1. The van der Waals surface area contributed by atoms with Crippen molar-refractivity contribution in [2.24, 2.45) is 11.8 Å². The third kappa shape index (κ3) is 3.59. The number of nitrogens with one attached hydrogen (secondary N) is 1. The number of amides is 2. The number of aliphatic carboxylic acids is 1. The smallest absolute Gasteiger partial charge is 0.325 e. The number of imide groups is 1. The zero-order chi connectivity index (χ0) is 24.7. The summed E-state index contributed by atoms with van der Waals surface area (Å²) in [7, 11) is 1.47. The van der Waals surface area contributed by atoms with Crippen molar-refractivity contribution >= 4 is 23.5 Å². The predicted molar refractivity (Wildman–Crippen MR) is 130 cm³/mol. The Balaban J connectivity index is 1.67. The van der Waals surface area contributed by atoms with Crippen LogP contribution in [0.1, 0.15) is 22.7 Å². The minimum absolute atomic E-state index is 0.0610. The first-order chi connectivity index (χ1) is 16.9. The molecule has 0 bridgehead atoms. The first-order valence-electron chi connectivity index (χ1n) is 11.5. The van der Waals surface area contributed by atoms with Gasteiger partial charge in [0.15, 0.2) is 0 Å². The van der Waals surface area contributed by atoms with Gasteiger partial charge < -0.3 is 9.84 Å². The maximum Gasteiger partial charge on any atom is 0.325 e. The second-order valence-corrected chi connectivity index (χ2v) is 9.16. The molecule has 2 N–H and O–H groups in total. The molecule has 2 aliphatic rings. The van der Waals surface area contributed by atoms with E-state index in [-0.39, 0.29) is 6.42 Å². The normalized spacial score (nSPS) is 25.5. The van der Waals surface area contributed by atoms with Crippen LogP contribution in [0.15, 0.2) is 78.9 Å². The lowest BCUT2D eigenvalue weighted by Gasteiger charge is -2.31. The number of hydrogen-bond donors (Lipinski definition) is 2. The quantitative estimate of drug-likeness (QED) is 0.535. The summed E-state index contributed by atoms with van der Waals surface area (Å²) in [6.45, 7) is 1.96. The molecule has 2 fully saturated rings. The Morgan fingerprint density at radius 3 is 2.29 bits per heavy atom. The molecule has 0 unspecified atom stereocenters. The Kier molecular flexibility index (Phi) is 5.65. The third-order valence-corrected chi connectivity index (χ3v) is 7.12. The van der Waals surface area contributed by atoms with Crippen LogP contribution in [0, 0.1) is 18.8 Å². The van der Waals surface area contributed by atoms with Gasteiger partial charge in [0, 0.05) is 12.5 Å². The van der Waals surface area contributed by atoms with Crippen LogP contribution in [0.2, 0.25) is 0 Å². The van der Waals surface area contributed by atoms with Gasteiger partial charge in [-0.25, -0.2) is 4.90 Å². The highest BCUT2D eigenvalue weighted by Crippen LogP contribution is 2.51. The van der Waals surface area contributed by atoms with Crippen molar-refractivity contribution in [2.45, 2.75) is 24.9 Å². The first-order valence-corrected chi connectivity index (χ1v) is 11.5. The van der Waals surface area contributed by atoms with Crippen LogP contribution < -0.4 is 15.0 Å². The number of carbonyl (C=O) groups is 3. The average Bonchev–Trinajstić information content (AvgIpc) is 3.34. The molecule has 2 amide bonds. The van der Waals surface area contributed by atoms with Crippen molar-refractivity contribution in [3.05, 3.63) is 95.6 Å². The van der Waals surface area contributed by atoms with E-state index in [4.69, 9.17) is 4.74 Å². The molecule has 2 saturated heterocycles. The van der Waals surface area contributed by atoms with E-state index in [1.165, 1.54) is 7.11 Å². The van der Waals surface area contributed by atoms with Crippen LogP contribution >= 0.6 is 0 Å². The van der Waals surface area contributed by atoms with Crippen molar-refractivity contribution in [3.8, 4) is 5.75 Å². The van der Waals surface area contributed by atoms with Crippen LogP contribution in [-0.2, 0) is 20.8 Å². The molecule has 3 aromatic rings. The molecule has 0 aliphatic carbocycles. The zero-order valence-corrected chi connectivity index (χ0v) is 19.5. The van der Waals surface area contributed by atoms with Crippen molar-refractivity contribution in [3.63, 3.8) is 0 Å². The number of anilines is 1. The fraction of sp³-hybridized carbons (Fsp3) is 0.250. The number of hydrogen-bond acceptors (Lipinski definition) is 5. The van der Waals surface area contributed by atoms with Crippen molar-refractivity contribution in [2.75, 3.05) is 12.0 Å². The third-order valence-electron chi connectivity index (χ3n) is 7.12. The number of para-hydroxylation sites is 2. The van der Waals surface area contributed by atoms with Gasteiger partial charge in [-0.15, -0.1) is 0 Å². The lowest BCUT2D eigenvalue weighted by molar-refractivity contribution is -0.148. The molecule has 0 spiro atoms. The first kappa shape index (κ1) is 22.8. The van der Waals surface area contributed by atoms with Crippen molar-refractivity contribution in [1.82, 2.24) is 5.32 Å². The summed E-state index contributed by atoms with van der Waals surface area (Å²) in [6, 6.07) is 22.9. The van der Waals surface area contributed by atoms with Crippen molar-refractivity contribution < 1.29 is 24.2 Å². The molecule has 7 nitrogen and oxygen atoms in total. The Morgan fingerprint density at radius 2 is 1.63 bits per heavy atom. The van der Waals surface area contributed by atoms with E-state index in [0.29, 0.717) is 11.4 Å². The molecule has 2 heterocycles. The van der Waals surface area contributed by atoms with Gasteiger partial charge >= 0.3 is 5.97 Å². The van der Waals surface area contributed by atoms with E-state index in [0.717, 1.165) is 21.6 Å². The highest BCUT2D eigenvalue weighted by molar-refractivity contribution is 6.24. The summed E-state index contributed by atoms with van der Waals surface area (Å²) in [5, 5.41) is 13.8. The molecule has 2 aliphatic heterocycles. The number of fused-ring (bicyclic) bond motifs is 1. The van der Waals surface area contributed by atoms with Crippen LogP contribution in [0.25, 0.3) is 0 Å². The van der Waals surface area contributed by atoms with Gasteiger partial charge in [-0.3, -0.25) is 19.7 Å². The number of carboxylic acid groups (broad SMARTS) is 1. The SMILES string of the molecule is COc1ccccc1N1C(=O)[C@@H]2[C@H](c3ccc(C)cc3)N[C@](Cc3ccccc3)(C(=O)O)[C@H]2C1=O. The van der Waals surface area contributed by atoms with Crippen molar-refractivity contribution in [1.29, 1.82) is 0 Å². The lowest BCUT2D eigenvalue weighted by atomic mass is 9.76. The summed E-state index contributed by atoms with van der Waals surface area (Å²) in [4.78, 5) is 41.9. The van der Waals surface area contributed by atoms with Gasteiger partial charge in [0.2, 0.25) is 11.8 Å². The molecule has 3 aromatic carbocycles. The fourth-order valence-corrected chi connectivity index (χ4v) is 5.47. The maximum atomic E-state index is 14.0. The number of rotatable bonds is 6. The highest BCUT2D eigenvalue weighted by atomic mass is 16.5. The van der Waals surface area contributed by atoms with Crippen LogP contribution in [0.3, 0.4) is 0 Å². The van der Waals surface area contributed by atoms with Crippen LogP contribution in [0.4, 0.5) is 5.69 Å². The number of nitrogens with zero attached hydrogens (tertiary/aromatic N) is 1. The van der Waals surface area contributed by atoms with Crippen LogP contribution in [-0.4, -0.2) is 35.5 Å². The topological polar surface area (TPSA) is 95.9 Å². The van der Waals surface area contributed by atoms with Gasteiger partial charge in [0.05, 0.1) is 24.6 Å². The molecular formula is C28H26N2O5. The van der Waals surface area contributed by atoms with Gasteiger partial charge in [-0.1, -0.05) is 72.3 Å².